The van der Waals surface area contributed by atoms with E-state index in [1.807, 2.05) is 45.0 Å². The van der Waals surface area contributed by atoms with Crippen molar-refractivity contribution in [1.82, 2.24) is 0 Å². The molecule has 0 aliphatic rings. The van der Waals surface area contributed by atoms with Crippen molar-refractivity contribution >= 4 is 23.4 Å². The molecule has 2 aromatic rings. The third-order valence-electron chi connectivity index (χ3n) is 3.41. The van der Waals surface area contributed by atoms with Gasteiger partial charge in [-0.1, -0.05) is 24.3 Å². The minimum Gasteiger partial charge on any atom is -0.325 e. The Bertz CT molecular complexity index is 672. The van der Waals surface area contributed by atoms with Crippen molar-refractivity contribution in [1.29, 1.82) is 0 Å². The number of hydrogen-bond acceptors (Lipinski definition) is 2. The van der Waals surface area contributed by atoms with Gasteiger partial charge in [-0.15, -0.1) is 11.8 Å². The molecule has 0 saturated heterocycles. The van der Waals surface area contributed by atoms with E-state index in [1.54, 1.807) is 6.07 Å². The predicted molar refractivity (Wildman–Crippen MR) is 91.7 cm³/mol. The first kappa shape index (κ1) is 16.6. The Hall–Kier alpha value is -1.81. The molecule has 1 atom stereocenters. The lowest BCUT2D eigenvalue weighted by Gasteiger charge is -2.14. The van der Waals surface area contributed by atoms with Gasteiger partial charge in [-0.25, -0.2) is 4.39 Å². The van der Waals surface area contributed by atoms with Crippen molar-refractivity contribution in [3.8, 4) is 0 Å². The zero-order valence-electron chi connectivity index (χ0n) is 13.0. The highest BCUT2D eigenvalue weighted by atomic mass is 32.2. The molecule has 0 aromatic heterocycles. The van der Waals surface area contributed by atoms with E-state index in [-0.39, 0.29) is 17.0 Å². The second-order valence-corrected chi connectivity index (χ2v) is 6.72. The van der Waals surface area contributed by atoms with E-state index in [2.05, 4.69) is 5.32 Å². The number of benzene rings is 2. The Balaban J connectivity index is 1.93. The smallest absolute Gasteiger partial charge is 0.237 e. The molecule has 0 aliphatic heterocycles. The maximum atomic E-state index is 13.1. The molecule has 0 saturated carbocycles. The van der Waals surface area contributed by atoms with Crippen LogP contribution in [0.15, 0.2) is 42.5 Å². The van der Waals surface area contributed by atoms with Crippen molar-refractivity contribution < 1.29 is 9.18 Å². The fraction of sp³-hybridized carbons (Fsp3) is 0.278. The normalized spacial score (nSPS) is 12.0. The van der Waals surface area contributed by atoms with Crippen molar-refractivity contribution in [3.05, 3.63) is 65.0 Å². The Labute approximate surface area is 135 Å². The molecular weight excluding hydrogens is 297 g/mol. The Kier molecular flexibility index (Phi) is 5.61. The van der Waals surface area contributed by atoms with Gasteiger partial charge in [0, 0.05) is 11.4 Å². The number of carbonyl (C=O) groups excluding carboxylic acids is 1. The van der Waals surface area contributed by atoms with Crippen molar-refractivity contribution in [3.63, 3.8) is 0 Å². The van der Waals surface area contributed by atoms with Crippen LogP contribution in [0.5, 0.6) is 0 Å². The zero-order valence-corrected chi connectivity index (χ0v) is 13.8. The molecule has 2 nitrogen and oxygen atoms in total. The van der Waals surface area contributed by atoms with Gasteiger partial charge < -0.3 is 5.32 Å². The largest absolute Gasteiger partial charge is 0.325 e. The first-order chi connectivity index (χ1) is 10.5. The van der Waals surface area contributed by atoms with Crippen LogP contribution in [-0.4, -0.2) is 11.2 Å². The van der Waals surface area contributed by atoms with E-state index in [1.165, 1.54) is 23.9 Å². The number of halogens is 1. The number of nitrogens with one attached hydrogen (secondary N) is 1. The summed E-state index contributed by atoms with van der Waals surface area (Å²) < 4.78 is 13.1. The molecule has 0 spiro atoms. The van der Waals surface area contributed by atoms with Gasteiger partial charge in [0.15, 0.2) is 0 Å². The van der Waals surface area contributed by atoms with Gasteiger partial charge >= 0.3 is 0 Å². The monoisotopic (exact) mass is 317 g/mol. The molecule has 116 valence electrons. The fourth-order valence-electron chi connectivity index (χ4n) is 2.03. The molecule has 0 bridgehead atoms. The van der Waals surface area contributed by atoms with E-state index in [0.29, 0.717) is 5.75 Å². The van der Waals surface area contributed by atoms with E-state index in [4.69, 9.17) is 0 Å². The van der Waals surface area contributed by atoms with Crippen LogP contribution in [0, 0.1) is 19.7 Å². The number of aryl methyl sites for hydroxylation is 2. The van der Waals surface area contributed by atoms with Crippen LogP contribution in [0.3, 0.4) is 0 Å². The number of hydrogen-bond donors (Lipinski definition) is 1. The van der Waals surface area contributed by atoms with Gasteiger partial charge in [-0.3, -0.25) is 4.79 Å². The van der Waals surface area contributed by atoms with Crippen molar-refractivity contribution in [2.24, 2.45) is 0 Å². The van der Waals surface area contributed by atoms with Crippen LogP contribution in [0.4, 0.5) is 10.1 Å². The average Bonchev–Trinajstić information content (AvgIpc) is 2.48. The molecule has 1 unspecified atom stereocenters. The van der Waals surface area contributed by atoms with Gasteiger partial charge in [0.25, 0.3) is 0 Å². The first-order valence-corrected chi connectivity index (χ1v) is 8.25. The molecule has 4 heteroatoms. The zero-order chi connectivity index (χ0) is 16.1. The van der Waals surface area contributed by atoms with Crippen LogP contribution in [0.1, 0.15) is 23.6 Å². The fourth-order valence-corrected chi connectivity index (χ4v) is 2.86. The molecule has 0 fully saturated rings. The maximum absolute atomic E-state index is 13.1. The molecule has 1 amide bonds. The van der Waals surface area contributed by atoms with Crippen LogP contribution < -0.4 is 5.32 Å². The van der Waals surface area contributed by atoms with Gasteiger partial charge in [-0.2, -0.15) is 0 Å². The summed E-state index contributed by atoms with van der Waals surface area (Å²) in [5.41, 5.74) is 3.89. The lowest BCUT2D eigenvalue weighted by atomic mass is 10.1. The molecule has 0 aliphatic carbocycles. The molecular formula is C18H20FNOS. The maximum Gasteiger partial charge on any atom is 0.237 e. The Morgan fingerprint density at radius 3 is 2.73 bits per heavy atom. The highest BCUT2D eigenvalue weighted by Gasteiger charge is 2.14. The topological polar surface area (TPSA) is 29.1 Å². The summed E-state index contributed by atoms with van der Waals surface area (Å²) in [4.78, 5) is 12.3. The predicted octanol–water partition coefficient (Wildman–Crippen LogP) is 4.70. The number of carbonyl (C=O) groups is 1. The third kappa shape index (κ3) is 4.60. The second kappa shape index (κ2) is 7.45. The molecule has 22 heavy (non-hydrogen) atoms. The second-order valence-electron chi connectivity index (χ2n) is 5.39. The summed E-state index contributed by atoms with van der Waals surface area (Å²) in [7, 11) is 0. The van der Waals surface area contributed by atoms with Gasteiger partial charge in [0.05, 0.1) is 5.25 Å². The number of thioether (sulfide) groups is 1. The number of amides is 1. The van der Waals surface area contributed by atoms with Gasteiger partial charge in [-0.05, 0) is 55.7 Å². The standard InChI is InChI=1S/C18H20FNOS/c1-12-7-8-13(2)17(9-12)20-18(21)14(3)22-11-15-5-4-6-16(19)10-15/h4-10,14H,11H2,1-3H3,(H,20,21). The lowest BCUT2D eigenvalue weighted by Crippen LogP contribution is -2.23. The van der Waals surface area contributed by atoms with Crippen molar-refractivity contribution in [2.45, 2.75) is 31.8 Å². The van der Waals surface area contributed by atoms with Crippen LogP contribution >= 0.6 is 11.8 Å². The number of rotatable bonds is 5. The molecule has 0 radical (unpaired) electrons. The average molecular weight is 317 g/mol. The minimum atomic E-state index is -0.245. The highest BCUT2D eigenvalue weighted by Crippen LogP contribution is 2.21. The summed E-state index contributed by atoms with van der Waals surface area (Å²) in [5, 5.41) is 2.76. The van der Waals surface area contributed by atoms with Crippen LogP contribution in [0.25, 0.3) is 0 Å². The van der Waals surface area contributed by atoms with E-state index in [0.717, 1.165) is 22.4 Å². The molecule has 1 N–H and O–H groups in total. The van der Waals surface area contributed by atoms with Gasteiger partial charge in [0.1, 0.15) is 5.82 Å². The lowest BCUT2D eigenvalue weighted by molar-refractivity contribution is -0.115. The molecule has 2 rings (SSSR count). The van der Waals surface area contributed by atoms with E-state index >= 15 is 0 Å². The summed E-state index contributed by atoms with van der Waals surface area (Å²) in [6.45, 7) is 5.83. The highest BCUT2D eigenvalue weighted by molar-refractivity contribution is 7.99. The van der Waals surface area contributed by atoms with Crippen molar-refractivity contribution in [2.75, 3.05) is 5.32 Å². The van der Waals surface area contributed by atoms with Crippen LogP contribution in [0.2, 0.25) is 0 Å². The summed E-state index contributed by atoms with van der Waals surface area (Å²) in [6, 6.07) is 12.5. The summed E-state index contributed by atoms with van der Waals surface area (Å²) in [5.74, 6) is 0.333. The summed E-state index contributed by atoms with van der Waals surface area (Å²) >= 11 is 1.50. The summed E-state index contributed by atoms with van der Waals surface area (Å²) in [6.07, 6.45) is 0. The third-order valence-corrected chi connectivity index (χ3v) is 4.62. The van der Waals surface area contributed by atoms with E-state index < -0.39 is 0 Å². The van der Waals surface area contributed by atoms with E-state index in [9.17, 15) is 9.18 Å². The number of anilines is 1. The SMILES string of the molecule is Cc1ccc(C)c(NC(=O)C(C)SCc2cccc(F)c2)c1. The van der Waals surface area contributed by atoms with Crippen LogP contribution in [-0.2, 0) is 10.5 Å². The molecule has 0 heterocycles. The minimum absolute atomic E-state index is 0.0323. The molecule has 2 aromatic carbocycles. The quantitative estimate of drug-likeness (QED) is 0.866. The Morgan fingerprint density at radius 2 is 2.00 bits per heavy atom. The van der Waals surface area contributed by atoms with Gasteiger partial charge in [0.2, 0.25) is 5.91 Å². The Morgan fingerprint density at radius 1 is 1.23 bits per heavy atom. The first-order valence-electron chi connectivity index (χ1n) is 7.20.